The Morgan fingerprint density at radius 2 is 1.86 bits per heavy atom. The van der Waals surface area contributed by atoms with Crippen LogP contribution in [0.25, 0.3) is 11.1 Å². The average Bonchev–Trinajstić information content (AvgIpc) is 2.54. The Morgan fingerprint density at radius 3 is 2.55 bits per heavy atom. The van der Waals surface area contributed by atoms with Crippen LogP contribution in [-0.2, 0) is 17.8 Å². The zero-order valence-corrected chi connectivity index (χ0v) is 13.4. The summed E-state index contributed by atoms with van der Waals surface area (Å²) in [5.41, 5.74) is 6.38. The summed E-state index contributed by atoms with van der Waals surface area (Å²) in [5, 5.41) is 3.17. The van der Waals surface area contributed by atoms with E-state index in [1.807, 2.05) is 7.05 Å². The molecule has 114 valence electrons. The van der Waals surface area contributed by atoms with Crippen molar-refractivity contribution in [1.29, 1.82) is 0 Å². The van der Waals surface area contributed by atoms with Crippen molar-refractivity contribution in [3.8, 4) is 11.1 Å². The van der Waals surface area contributed by atoms with Crippen LogP contribution in [0.1, 0.15) is 42.4 Å². The van der Waals surface area contributed by atoms with Crippen molar-refractivity contribution in [2.75, 3.05) is 7.05 Å². The van der Waals surface area contributed by atoms with E-state index in [-0.39, 0.29) is 5.92 Å². The number of rotatable bonds is 4. The molecule has 1 unspecified atom stereocenters. The summed E-state index contributed by atoms with van der Waals surface area (Å²) >= 11 is 0. The van der Waals surface area contributed by atoms with E-state index in [9.17, 15) is 4.79 Å². The van der Waals surface area contributed by atoms with Gasteiger partial charge in [0.1, 0.15) is 5.78 Å². The lowest BCUT2D eigenvalue weighted by atomic mass is 9.80. The molecule has 0 bridgehead atoms. The maximum atomic E-state index is 11.8. The van der Waals surface area contributed by atoms with E-state index in [0.717, 1.165) is 25.8 Å². The third-order valence-corrected chi connectivity index (χ3v) is 4.62. The second kappa shape index (κ2) is 6.45. The fourth-order valence-corrected chi connectivity index (χ4v) is 3.44. The van der Waals surface area contributed by atoms with Crippen LogP contribution in [0.5, 0.6) is 0 Å². The van der Waals surface area contributed by atoms with Crippen LogP contribution in [0.3, 0.4) is 0 Å². The molecule has 1 aliphatic carbocycles. The topological polar surface area (TPSA) is 29.1 Å². The van der Waals surface area contributed by atoms with E-state index in [4.69, 9.17) is 0 Å². The first-order valence-corrected chi connectivity index (χ1v) is 8.06. The van der Waals surface area contributed by atoms with Crippen molar-refractivity contribution in [2.24, 2.45) is 0 Å². The van der Waals surface area contributed by atoms with Crippen LogP contribution >= 0.6 is 0 Å². The molecule has 0 radical (unpaired) electrons. The van der Waals surface area contributed by atoms with Crippen molar-refractivity contribution in [3.63, 3.8) is 0 Å². The fourth-order valence-electron chi connectivity index (χ4n) is 3.44. The second-order valence-corrected chi connectivity index (χ2v) is 6.20. The molecule has 2 nitrogen and oxygen atoms in total. The van der Waals surface area contributed by atoms with Crippen LogP contribution in [0.4, 0.5) is 0 Å². The zero-order valence-electron chi connectivity index (χ0n) is 13.4. The molecule has 22 heavy (non-hydrogen) atoms. The van der Waals surface area contributed by atoms with Crippen LogP contribution in [0.15, 0.2) is 42.5 Å². The highest BCUT2D eigenvalue weighted by molar-refractivity contribution is 5.84. The number of hydrogen-bond acceptors (Lipinski definition) is 2. The van der Waals surface area contributed by atoms with Gasteiger partial charge in [0, 0.05) is 12.5 Å². The summed E-state index contributed by atoms with van der Waals surface area (Å²) in [5.74, 6) is 0.404. The summed E-state index contributed by atoms with van der Waals surface area (Å²) in [7, 11) is 1.96. The predicted molar refractivity (Wildman–Crippen MR) is 91.0 cm³/mol. The van der Waals surface area contributed by atoms with Gasteiger partial charge in [-0.25, -0.2) is 0 Å². The van der Waals surface area contributed by atoms with Gasteiger partial charge in [-0.1, -0.05) is 42.5 Å². The normalized spacial score (nSPS) is 17.1. The van der Waals surface area contributed by atoms with Gasteiger partial charge in [0.05, 0.1) is 0 Å². The van der Waals surface area contributed by atoms with Crippen molar-refractivity contribution in [2.45, 2.75) is 38.6 Å². The Balaban J connectivity index is 1.91. The molecule has 0 heterocycles. The molecule has 1 atom stereocenters. The molecule has 0 aromatic heterocycles. The molecule has 0 amide bonds. The molecular weight excluding hydrogens is 270 g/mol. The van der Waals surface area contributed by atoms with Crippen molar-refractivity contribution in [3.05, 3.63) is 59.2 Å². The van der Waals surface area contributed by atoms with E-state index in [1.54, 1.807) is 6.92 Å². The monoisotopic (exact) mass is 293 g/mol. The smallest absolute Gasteiger partial charge is 0.137 e. The van der Waals surface area contributed by atoms with E-state index < -0.39 is 0 Å². The minimum Gasteiger partial charge on any atom is -0.316 e. The van der Waals surface area contributed by atoms with Gasteiger partial charge >= 0.3 is 0 Å². The number of benzene rings is 2. The number of aryl methyl sites for hydroxylation is 1. The highest BCUT2D eigenvalue weighted by Crippen LogP contribution is 2.34. The molecule has 3 rings (SSSR count). The van der Waals surface area contributed by atoms with Gasteiger partial charge in [0.2, 0.25) is 0 Å². The minimum atomic E-state index is 0.107. The van der Waals surface area contributed by atoms with Gasteiger partial charge in [-0.05, 0) is 61.1 Å². The zero-order chi connectivity index (χ0) is 15.5. The summed E-state index contributed by atoms with van der Waals surface area (Å²) in [6.07, 6.45) is 3.20. The largest absolute Gasteiger partial charge is 0.316 e. The van der Waals surface area contributed by atoms with Gasteiger partial charge in [-0.15, -0.1) is 0 Å². The van der Waals surface area contributed by atoms with Crippen LogP contribution in [0, 0.1) is 0 Å². The average molecular weight is 293 g/mol. The van der Waals surface area contributed by atoms with E-state index >= 15 is 0 Å². The molecule has 0 spiro atoms. The highest BCUT2D eigenvalue weighted by Gasteiger charge is 2.23. The molecule has 0 saturated heterocycles. The van der Waals surface area contributed by atoms with E-state index in [2.05, 4.69) is 47.8 Å². The van der Waals surface area contributed by atoms with Gasteiger partial charge in [0.15, 0.2) is 0 Å². The first-order chi connectivity index (χ1) is 10.7. The van der Waals surface area contributed by atoms with E-state index in [1.165, 1.54) is 27.8 Å². The number of Topliss-reactive ketones (excluding diaryl/α,β-unsaturated/α-hetero) is 1. The first kappa shape index (κ1) is 15.0. The number of carbonyl (C=O) groups is 1. The standard InChI is InChI=1S/C20H23NO/c1-14(22)19-5-3-4-18-12-17(10-11-20(18)19)16-8-6-15(7-9-16)13-21-2/h6-12,19,21H,3-5,13H2,1-2H3. The highest BCUT2D eigenvalue weighted by atomic mass is 16.1. The first-order valence-electron chi connectivity index (χ1n) is 8.06. The van der Waals surface area contributed by atoms with Crippen LogP contribution in [0.2, 0.25) is 0 Å². The Labute approximate surface area is 132 Å². The SMILES string of the molecule is CNCc1ccc(-c2ccc3c(c2)CCCC3C(C)=O)cc1. The molecule has 0 aliphatic heterocycles. The molecule has 1 N–H and O–H groups in total. The Hall–Kier alpha value is -1.93. The van der Waals surface area contributed by atoms with Gasteiger partial charge in [-0.3, -0.25) is 4.79 Å². The third-order valence-electron chi connectivity index (χ3n) is 4.62. The molecule has 2 heteroatoms. The second-order valence-electron chi connectivity index (χ2n) is 6.20. The lowest BCUT2D eigenvalue weighted by molar-refractivity contribution is -0.118. The van der Waals surface area contributed by atoms with Crippen molar-refractivity contribution < 1.29 is 4.79 Å². The summed E-state index contributed by atoms with van der Waals surface area (Å²) in [6, 6.07) is 15.3. The predicted octanol–water partition coefficient (Wildman–Crippen LogP) is 4.08. The molecule has 2 aromatic rings. The van der Waals surface area contributed by atoms with Gasteiger partial charge < -0.3 is 5.32 Å². The molecular formula is C20H23NO. The summed E-state index contributed by atoms with van der Waals surface area (Å²) in [6.45, 7) is 2.61. The number of carbonyl (C=O) groups excluding carboxylic acids is 1. The summed E-state index contributed by atoms with van der Waals surface area (Å²) in [4.78, 5) is 11.8. The quantitative estimate of drug-likeness (QED) is 0.920. The van der Waals surface area contributed by atoms with E-state index in [0.29, 0.717) is 5.78 Å². The van der Waals surface area contributed by atoms with Gasteiger partial charge in [0.25, 0.3) is 0 Å². The lowest BCUT2D eigenvalue weighted by Gasteiger charge is -2.24. The lowest BCUT2D eigenvalue weighted by Crippen LogP contribution is -2.16. The minimum absolute atomic E-state index is 0.107. The third kappa shape index (κ3) is 2.97. The number of nitrogens with one attached hydrogen (secondary N) is 1. The molecule has 1 aliphatic rings. The molecule has 0 saturated carbocycles. The summed E-state index contributed by atoms with van der Waals surface area (Å²) < 4.78 is 0. The molecule has 0 fully saturated rings. The van der Waals surface area contributed by atoms with Crippen LogP contribution in [-0.4, -0.2) is 12.8 Å². The Morgan fingerprint density at radius 1 is 1.14 bits per heavy atom. The number of hydrogen-bond donors (Lipinski definition) is 1. The van der Waals surface area contributed by atoms with Gasteiger partial charge in [-0.2, -0.15) is 0 Å². The van der Waals surface area contributed by atoms with Crippen molar-refractivity contribution in [1.82, 2.24) is 5.32 Å². The number of ketones is 1. The van der Waals surface area contributed by atoms with Crippen LogP contribution < -0.4 is 5.32 Å². The maximum absolute atomic E-state index is 11.8. The Bertz CT molecular complexity index is 673. The fraction of sp³-hybridized carbons (Fsp3) is 0.350. The molecule has 2 aromatic carbocycles. The van der Waals surface area contributed by atoms with Crippen molar-refractivity contribution >= 4 is 5.78 Å². The maximum Gasteiger partial charge on any atom is 0.137 e. The Kier molecular flexibility index (Phi) is 4.39. The number of fused-ring (bicyclic) bond motifs is 1.